The lowest BCUT2D eigenvalue weighted by atomic mass is 10.1. The molecule has 1 atom stereocenters. The number of aliphatic imine (C=N–C) groups is 1. The van der Waals surface area contributed by atoms with E-state index >= 15 is 0 Å². The van der Waals surface area contributed by atoms with Crippen LogP contribution in [0.3, 0.4) is 0 Å². The van der Waals surface area contributed by atoms with Gasteiger partial charge in [0.2, 0.25) is 12.0 Å². The van der Waals surface area contributed by atoms with Crippen LogP contribution in [-0.2, 0) is 13.1 Å². The van der Waals surface area contributed by atoms with Crippen LogP contribution in [-0.4, -0.2) is 31.5 Å². The number of hydrogen-bond acceptors (Lipinski definition) is 5. The van der Waals surface area contributed by atoms with Gasteiger partial charge in [0.05, 0.1) is 13.1 Å². The van der Waals surface area contributed by atoms with Gasteiger partial charge in [-0.1, -0.05) is 99.1 Å². The van der Waals surface area contributed by atoms with Gasteiger partial charge in [0, 0.05) is 28.1 Å². The highest BCUT2D eigenvalue weighted by molar-refractivity contribution is 6.31. The molecule has 6 rings (SSSR count). The summed E-state index contributed by atoms with van der Waals surface area (Å²) < 4.78 is 4.06. The highest BCUT2D eigenvalue weighted by Gasteiger charge is 2.46. The fourth-order valence-corrected chi connectivity index (χ4v) is 5.17. The number of rotatable bonds is 5. The maximum atomic E-state index is 6.53. The topological polar surface area (TPSA) is 52.9 Å². The fourth-order valence-electron chi connectivity index (χ4n) is 4.78. The fraction of sp³-hybridized carbons (Fsp3) is 0.214. The number of benzene rings is 3. The SMILES string of the molecule is CC1=NN2C(=Nc3n(nc(C)[n+]3Cc3ccccc3Cl)C2c2ccc(C)cc2)N1Cc1ccccc1Cl. The van der Waals surface area contributed by atoms with Gasteiger partial charge in [-0.3, -0.25) is 4.90 Å². The van der Waals surface area contributed by atoms with Crippen molar-refractivity contribution < 1.29 is 4.57 Å². The summed E-state index contributed by atoms with van der Waals surface area (Å²) in [4.78, 5) is 7.24. The van der Waals surface area contributed by atoms with E-state index in [0.717, 1.165) is 50.3 Å². The second-order valence-corrected chi connectivity index (χ2v) is 10.1. The Bertz CT molecular complexity index is 1560. The Morgan fingerprint density at radius 2 is 1.49 bits per heavy atom. The summed E-state index contributed by atoms with van der Waals surface area (Å²) in [7, 11) is 0. The third-order valence-corrected chi connectivity index (χ3v) is 7.53. The third-order valence-electron chi connectivity index (χ3n) is 6.79. The molecule has 0 radical (unpaired) electrons. The first-order valence-electron chi connectivity index (χ1n) is 12.1. The molecular formula is C28H26Cl2N7+. The van der Waals surface area contributed by atoms with Crippen molar-refractivity contribution in [2.75, 3.05) is 0 Å². The van der Waals surface area contributed by atoms with Crippen molar-refractivity contribution in [3.8, 4) is 0 Å². The predicted octanol–water partition coefficient (Wildman–Crippen LogP) is 5.84. The summed E-state index contributed by atoms with van der Waals surface area (Å²) >= 11 is 13.1. The van der Waals surface area contributed by atoms with E-state index in [1.807, 2.05) is 72.1 Å². The Hall–Kier alpha value is -3.68. The minimum atomic E-state index is -0.291. The lowest BCUT2D eigenvalue weighted by molar-refractivity contribution is -0.682. The number of nitrogens with zero attached hydrogens (tertiary/aromatic N) is 7. The summed E-state index contributed by atoms with van der Waals surface area (Å²) in [6.45, 7) is 7.19. The van der Waals surface area contributed by atoms with E-state index in [1.54, 1.807) is 0 Å². The molecule has 4 aromatic rings. The molecular weight excluding hydrogens is 505 g/mol. The first-order valence-corrected chi connectivity index (χ1v) is 12.9. The summed E-state index contributed by atoms with van der Waals surface area (Å²) in [5, 5.41) is 13.3. The van der Waals surface area contributed by atoms with E-state index in [1.165, 1.54) is 5.56 Å². The number of aryl methyl sites for hydroxylation is 2. The molecule has 186 valence electrons. The van der Waals surface area contributed by atoms with Crippen LogP contribution in [0, 0.1) is 13.8 Å². The van der Waals surface area contributed by atoms with Crippen LogP contribution < -0.4 is 4.57 Å². The van der Waals surface area contributed by atoms with Gasteiger partial charge in [-0.2, -0.15) is 10.1 Å². The van der Waals surface area contributed by atoms with Gasteiger partial charge >= 0.3 is 5.95 Å². The average molecular weight is 531 g/mol. The molecule has 1 unspecified atom stereocenters. The van der Waals surface area contributed by atoms with Gasteiger partial charge in [-0.25, -0.2) is 4.57 Å². The van der Waals surface area contributed by atoms with Crippen molar-refractivity contribution in [3.63, 3.8) is 0 Å². The predicted molar refractivity (Wildman–Crippen MR) is 146 cm³/mol. The molecule has 0 fully saturated rings. The third kappa shape index (κ3) is 4.18. The van der Waals surface area contributed by atoms with Crippen molar-refractivity contribution in [1.29, 1.82) is 0 Å². The highest BCUT2D eigenvalue weighted by atomic mass is 35.5. The maximum Gasteiger partial charge on any atom is 0.388 e. The number of aromatic nitrogens is 3. The first kappa shape index (κ1) is 23.7. The molecule has 0 bridgehead atoms. The largest absolute Gasteiger partial charge is 0.388 e. The molecule has 0 saturated heterocycles. The van der Waals surface area contributed by atoms with E-state index in [0.29, 0.717) is 13.1 Å². The van der Waals surface area contributed by atoms with Crippen molar-refractivity contribution in [2.24, 2.45) is 10.1 Å². The summed E-state index contributed by atoms with van der Waals surface area (Å²) in [5.41, 5.74) is 4.28. The second kappa shape index (κ2) is 9.32. The molecule has 37 heavy (non-hydrogen) atoms. The first-order chi connectivity index (χ1) is 17.9. The van der Waals surface area contributed by atoms with E-state index in [-0.39, 0.29) is 6.17 Å². The smallest absolute Gasteiger partial charge is 0.282 e. The van der Waals surface area contributed by atoms with Crippen LogP contribution >= 0.6 is 23.2 Å². The molecule has 3 heterocycles. The van der Waals surface area contributed by atoms with E-state index in [4.69, 9.17) is 38.4 Å². The van der Waals surface area contributed by atoms with Gasteiger partial charge in [-0.05, 0) is 36.6 Å². The summed E-state index contributed by atoms with van der Waals surface area (Å²) in [6.07, 6.45) is -0.291. The second-order valence-electron chi connectivity index (χ2n) is 9.33. The molecule has 1 aromatic heterocycles. The molecule has 9 heteroatoms. The molecule has 3 aromatic carbocycles. The summed E-state index contributed by atoms with van der Waals surface area (Å²) in [6, 6.07) is 24.2. The Labute approximate surface area is 225 Å². The number of guanidine groups is 1. The molecule has 2 aliphatic heterocycles. The van der Waals surface area contributed by atoms with Crippen LogP contribution in [0.25, 0.3) is 0 Å². The number of fused-ring (bicyclic) bond motifs is 2. The Morgan fingerprint density at radius 3 is 2.16 bits per heavy atom. The Kier molecular flexibility index (Phi) is 5.97. The zero-order valence-corrected chi connectivity index (χ0v) is 22.3. The van der Waals surface area contributed by atoms with Gasteiger partial charge in [0.1, 0.15) is 5.84 Å². The van der Waals surface area contributed by atoms with E-state index < -0.39 is 0 Å². The molecule has 0 amide bonds. The summed E-state index contributed by atoms with van der Waals surface area (Å²) in [5.74, 6) is 3.17. The number of hydrogen-bond donors (Lipinski definition) is 0. The van der Waals surface area contributed by atoms with Crippen LogP contribution in [0.5, 0.6) is 0 Å². The van der Waals surface area contributed by atoms with Crippen LogP contribution in [0.4, 0.5) is 5.95 Å². The van der Waals surface area contributed by atoms with Crippen LogP contribution in [0.15, 0.2) is 82.9 Å². The van der Waals surface area contributed by atoms with Crippen LogP contribution in [0.2, 0.25) is 10.0 Å². The standard InChI is InChI=1S/C28H26Cl2N7/c1-18-12-14-21(15-13-18)26-36-27(34(19(2)32-36)16-22-8-4-6-10-24(22)29)31-28-35(20(3)33-37(26)28)17-23-9-5-7-11-25(23)30/h4-15,26H,16-17H2,1-3H3/q+1. The van der Waals surface area contributed by atoms with Crippen molar-refractivity contribution in [2.45, 2.75) is 40.0 Å². The lowest BCUT2D eigenvalue weighted by Gasteiger charge is -2.28. The van der Waals surface area contributed by atoms with Gasteiger partial charge in [0.15, 0.2) is 0 Å². The van der Waals surface area contributed by atoms with Crippen LogP contribution in [0.1, 0.15) is 41.2 Å². The molecule has 2 aliphatic rings. The highest BCUT2D eigenvalue weighted by Crippen LogP contribution is 2.36. The number of halogens is 2. The minimum Gasteiger partial charge on any atom is -0.282 e. The molecule has 0 aliphatic carbocycles. The number of amidine groups is 1. The van der Waals surface area contributed by atoms with Crippen molar-refractivity contribution in [3.05, 3.63) is 111 Å². The molecule has 7 nitrogen and oxygen atoms in total. The van der Waals surface area contributed by atoms with E-state index in [9.17, 15) is 0 Å². The molecule has 0 saturated carbocycles. The van der Waals surface area contributed by atoms with Gasteiger partial charge in [0.25, 0.3) is 5.96 Å². The van der Waals surface area contributed by atoms with E-state index in [2.05, 4.69) is 40.7 Å². The zero-order valence-electron chi connectivity index (χ0n) is 20.8. The Balaban J connectivity index is 1.50. The van der Waals surface area contributed by atoms with Gasteiger partial charge < -0.3 is 0 Å². The minimum absolute atomic E-state index is 0.291. The molecule has 0 spiro atoms. The normalized spacial score (nSPS) is 16.4. The molecule has 0 N–H and O–H groups in total. The van der Waals surface area contributed by atoms with Crippen molar-refractivity contribution in [1.82, 2.24) is 19.7 Å². The lowest BCUT2D eigenvalue weighted by Crippen LogP contribution is -2.45. The van der Waals surface area contributed by atoms with Gasteiger partial charge in [-0.15, -0.1) is 0 Å². The monoisotopic (exact) mass is 530 g/mol. The maximum absolute atomic E-state index is 6.53. The Morgan fingerprint density at radius 1 is 0.838 bits per heavy atom. The average Bonchev–Trinajstić information content (AvgIpc) is 3.36. The van der Waals surface area contributed by atoms with Crippen molar-refractivity contribution >= 4 is 40.9 Å². The number of hydrazone groups is 1. The quantitative estimate of drug-likeness (QED) is 0.304. The zero-order chi connectivity index (χ0) is 25.7.